The van der Waals surface area contributed by atoms with Gasteiger partial charge in [-0.2, -0.15) is 5.10 Å². The molecule has 1 aromatic heterocycles. The Labute approximate surface area is 177 Å². The Morgan fingerprint density at radius 3 is 2.79 bits per heavy atom. The number of carbonyl (C=O) groups is 1. The summed E-state index contributed by atoms with van der Waals surface area (Å²) in [7, 11) is 0. The lowest BCUT2D eigenvalue weighted by Gasteiger charge is -2.05. The lowest BCUT2D eigenvalue weighted by Crippen LogP contribution is -2.25. The highest BCUT2D eigenvalue weighted by Crippen LogP contribution is 2.25. The number of halogens is 1. The molecular weight excluding hydrogens is 406 g/mol. The third-order valence-electron chi connectivity index (χ3n) is 4.37. The molecule has 1 aliphatic rings. The van der Waals surface area contributed by atoms with Crippen molar-refractivity contribution in [1.82, 2.24) is 5.32 Å². The van der Waals surface area contributed by atoms with Crippen molar-refractivity contribution in [1.29, 1.82) is 0 Å². The van der Waals surface area contributed by atoms with E-state index in [0.717, 1.165) is 16.9 Å². The Hall–Kier alpha value is -2.83. The first kappa shape index (κ1) is 19.5. The van der Waals surface area contributed by atoms with Crippen LogP contribution in [0.5, 0.6) is 0 Å². The topological polar surface area (TPSA) is 67.0 Å². The van der Waals surface area contributed by atoms with Crippen LogP contribution in [0.4, 0.5) is 0 Å². The minimum absolute atomic E-state index is 0.0477. The number of thioether (sulfide) groups is 1. The lowest BCUT2D eigenvalue weighted by molar-refractivity contribution is -0.118. The van der Waals surface area contributed by atoms with E-state index in [4.69, 9.17) is 16.0 Å². The molecule has 2 heterocycles. The molecule has 146 valence electrons. The molecule has 1 aliphatic heterocycles. The first-order chi connectivity index (χ1) is 14.1. The average Bonchev–Trinajstić information content (AvgIpc) is 3.30. The monoisotopic (exact) mass is 423 g/mol. The average molecular weight is 424 g/mol. The van der Waals surface area contributed by atoms with Gasteiger partial charge in [0.15, 0.2) is 5.17 Å². The van der Waals surface area contributed by atoms with Gasteiger partial charge in [0.25, 0.3) is 0 Å². The van der Waals surface area contributed by atoms with Crippen LogP contribution in [0.1, 0.15) is 16.9 Å². The molecule has 29 heavy (non-hydrogen) atoms. The Kier molecular flexibility index (Phi) is 5.83. The third kappa shape index (κ3) is 4.96. The van der Waals surface area contributed by atoms with Crippen LogP contribution in [-0.2, 0) is 11.2 Å². The Morgan fingerprint density at radius 1 is 1.17 bits per heavy atom. The standard InChI is InChI=1S/C22H18ClN3O2S/c1-14-3-2-4-15(11-14)12-20-21(27)25-22(29-20)26-24-13-18-9-10-19(28-18)16-5-7-17(23)8-6-16/h2-11,13,20H,12H2,1H3,(H,25,26,27)/b24-13-/t20-/m0/s1. The molecular formula is C22H18ClN3O2S. The molecule has 1 saturated heterocycles. The van der Waals surface area contributed by atoms with E-state index >= 15 is 0 Å². The van der Waals surface area contributed by atoms with Crippen molar-refractivity contribution < 1.29 is 9.21 Å². The summed E-state index contributed by atoms with van der Waals surface area (Å²) < 4.78 is 5.75. The predicted molar refractivity (Wildman–Crippen MR) is 119 cm³/mol. The van der Waals surface area contributed by atoms with Crippen molar-refractivity contribution in [3.8, 4) is 11.3 Å². The zero-order valence-electron chi connectivity index (χ0n) is 15.6. The number of furan rings is 1. The van der Waals surface area contributed by atoms with Crippen LogP contribution < -0.4 is 5.32 Å². The van der Waals surface area contributed by atoms with E-state index in [1.54, 1.807) is 0 Å². The molecule has 1 fully saturated rings. The molecule has 0 unspecified atom stereocenters. The number of aryl methyl sites for hydroxylation is 1. The van der Waals surface area contributed by atoms with Crippen LogP contribution in [-0.4, -0.2) is 22.5 Å². The van der Waals surface area contributed by atoms with Crippen LogP contribution in [0.25, 0.3) is 11.3 Å². The fourth-order valence-corrected chi connectivity index (χ4v) is 4.06. The van der Waals surface area contributed by atoms with Crippen molar-refractivity contribution in [3.05, 3.63) is 82.6 Å². The lowest BCUT2D eigenvalue weighted by atomic mass is 10.1. The summed E-state index contributed by atoms with van der Waals surface area (Å²) in [6, 6.07) is 19.3. The molecule has 4 rings (SSSR count). The fourth-order valence-electron chi connectivity index (χ4n) is 2.97. The van der Waals surface area contributed by atoms with Crippen LogP contribution >= 0.6 is 23.4 Å². The molecule has 0 bridgehead atoms. The van der Waals surface area contributed by atoms with Crippen LogP contribution in [0, 0.1) is 6.92 Å². The smallest absolute Gasteiger partial charge is 0.239 e. The maximum Gasteiger partial charge on any atom is 0.239 e. The summed E-state index contributed by atoms with van der Waals surface area (Å²) in [5, 5.41) is 11.9. The summed E-state index contributed by atoms with van der Waals surface area (Å²) in [6.45, 7) is 2.04. The van der Waals surface area contributed by atoms with E-state index in [0.29, 0.717) is 22.4 Å². The number of nitrogens with zero attached hydrogens (tertiary/aromatic N) is 2. The van der Waals surface area contributed by atoms with Crippen molar-refractivity contribution >= 4 is 40.7 Å². The SMILES string of the molecule is Cc1cccc(C[C@@H]2S/C(=N/N=C\c3ccc(-c4ccc(Cl)cc4)o3)NC2=O)c1. The van der Waals surface area contributed by atoms with Crippen LogP contribution in [0.3, 0.4) is 0 Å². The van der Waals surface area contributed by atoms with Gasteiger partial charge in [0.1, 0.15) is 11.5 Å². The van der Waals surface area contributed by atoms with Gasteiger partial charge < -0.3 is 9.73 Å². The zero-order chi connectivity index (χ0) is 20.2. The number of benzene rings is 2. The van der Waals surface area contributed by atoms with Gasteiger partial charge in [0, 0.05) is 10.6 Å². The predicted octanol–water partition coefficient (Wildman–Crippen LogP) is 5.07. The third-order valence-corrected chi connectivity index (χ3v) is 5.69. The summed E-state index contributed by atoms with van der Waals surface area (Å²) in [4.78, 5) is 12.2. The maximum atomic E-state index is 12.2. The molecule has 1 N–H and O–H groups in total. The zero-order valence-corrected chi connectivity index (χ0v) is 17.2. The van der Waals surface area contributed by atoms with Gasteiger partial charge in [-0.25, -0.2) is 0 Å². The number of nitrogens with one attached hydrogen (secondary N) is 1. The largest absolute Gasteiger partial charge is 0.455 e. The van der Waals surface area contributed by atoms with Crippen LogP contribution in [0.15, 0.2) is 75.3 Å². The minimum atomic E-state index is -0.203. The summed E-state index contributed by atoms with van der Waals surface area (Å²) >= 11 is 7.30. The summed E-state index contributed by atoms with van der Waals surface area (Å²) in [5.41, 5.74) is 3.24. The highest BCUT2D eigenvalue weighted by atomic mass is 35.5. The number of hydrogen-bond acceptors (Lipinski definition) is 5. The number of amides is 1. The van der Waals surface area contributed by atoms with Crippen molar-refractivity contribution in [2.45, 2.75) is 18.6 Å². The van der Waals surface area contributed by atoms with E-state index in [2.05, 4.69) is 21.6 Å². The molecule has 1 amide bonds. The van der Waals surface area contributed by atoms with E-state index in [-0.39, 0.29) is 11.2 Å². The highest BCUT2D eigenvalue weighted by molar-refractivity contribution is 8.15. The van der Waals surface area contributed by atoms with Crippen molar-refractivity contribution in [3.63, 3.8) is 0 Å². The van der Waals surface area contributed by atoms with Gasteiger partial charge in [-0.05, 0) is 55.3 Å². The number of carbonyl (C=O) groups excluding carboxylic acids is 1. The second kappa shape index (κ2) is 8.68. The highest BCUT2D eigenvalue weighted by Gasteiger charge is 2.30. The minimum Gasteiger partial charge on any atom is -0.455 e. The molecule has 7 heteroatoms. The molecule has 0 aliphatic carbocycles. The van der Waals surface area contributed by atoms with Gasteiger partial charge in [0.05, 0.1) is 11.5 Å². The molecule has 0 radical (unpaired) electrons. The first-order valence-corrected chi connectivity index (χ1v) is 10.3. The number of rotatable bonds is 5. The molecule has 2 aromatic carbocycles. The molecule has 5 nitrogen and oxygen atoms in total. The molecule has 3 aromatic rings. The number of hydrogen-bond donors (Lipinski definition) is 1. The van der Waals surface area contributed by atoms with Crippen LogP contribution in [0.2, 0.25) is 5.02 Å². The summed E-state index contributed by atoms with van der Waals surface area (Å²) in [5.74, 6) is 1.25. The van der Waals surface area contributed by atoms with E-state index in [1.165, 1.54) is 23.5 Å². The molecule has 0 saturated carbocycles. The van der Waals surface area contributed by atoms with Crippen molar-refractivity contribution in [2.75, 3.05) is 0 Å². The second-order valence-electron chi connectivity index (χ2n) is 6.65. The molecule has 0 spiro atoms. The Bertz CT molecular complexity index is 1090. The molecule has 1 atom stereocenters. The van der Waals surface area contributed by atoms with E-state index < -0.39 is 0 Å². The first-order valence-electron chi connectivity index (χ1n) is 9.07. The normalized spacial score (nSPS) is 17.9. The van der Waals surface area contributed by atoms with E-state index in [9.17, 15) is 4.79 Å². The van der Waals surface area contributed by atoms with Gasteiger partial charge in [-0.15, -0.1) is 5.10 Å². The van der Waals surface area contributed by atoms with Gasteiger partial charge in [-0.1, -0.05) is 53.2 Å². The maximum absolute atomic E-state index is 12.2. The quantitative estimate of drug-likeness (QED) is 0.460. The Balaban J connectivity index is 1.38. The van der Waals surface area contributed by atoms with Gasteiger partial charge in [-0.3, -0.25) is 4.79 Å². The van der Waals surface area contributed by atoms with E-state index in [1.807, 2.05) is 61.5 Å². The van der Waals surface area contributed by atoms with Gasteiger partial charge >= 0.3 is 0 Å². The van der Waals surface area contributed by atoms with Crippen molar-refractivity contribution in [2.24, 2.45) is 10.2 Å². The number of amidine groups is 1. The Morgan fingerprint density at radius 2 is 2.00 bits per heavy atom. The van der Waals surface area contributed by atoms with Gasteiger partial charge in [0.2, 0.25) is 5.91 Å². The fraction of sp³-hybridized carbons (Fsp3) is 0.136. The summed E-state index contributed by atoms with van der Waals surface area (Å²) in [6.07, 6.45) is 2.18. The second-order valence-corrected chi connectivity index (χ2v) is 8.28.